The van der Waals surface area contributed by atoms with E-state index < -0.39 is 0 Å². The van der Waals surface area contributed by atoms with Crippen molar-refractivity contribution in [1.29, 1.82) is 0 Å². The molecule has 1 fully saturated rings. The van der Waals surface area contributed by atoms with Crippen molar-refractivity contribution in [2.24, 2.45) is 5.10 Å². The Morgan fingerprint density at radius 2 is 1.80 bits per heavy atom. The summed E-state index contributed by atoms with van der Waals surface area (Å²) in [5, 5.41) is 6.08. The van der Waals surface area contributed by atoms with Crippen molar-refractivity contribution in [3.8, 4) is 11.5 Å². The SMILES string of the molecule is COc1ccc(/C=N\NC(=O)COc2ccc(C3SCCS3)cc2)c2ccccc12. The number of rotatable bonds is 7. The number of hydrogen-bond acceptors (Lipinski definition) is 6. The molecule has 0 atom stereocenters. The Bertz CT molecular complexity index is 1050. The molecule has 1 heterocycles. The molecule has 0 unspecified atom stereocenters. The van der Waals surface area contributed by atoms with Crippen LogP contribution in [0.5, 0.6) is 11.5 Å². The summed E-state index contributed by atoms with van der Waals surface area (Å²) in [7, 11) is 1.65. The molecule has 1 aliphatic heterocycles. The topological polar surface area (TPSA) is 59.9 Å². The maximum atomic E-state index is 12.1. The first-order chi connectivity index (χ1) is 14.7. The number of fused-ring (bicyclic) bond motifs is 1. The van der Waals surface area contributed by atoms with Crippen LogP contribution >= 0.6 is 23.5 Å². The largest absolute Gasteiger partial charge is 0.496 e. The highest BCUT2D eigenvalue weighted by molar-refractivity contribution is 8.19. The lowest BCUT2D eigenvalue weighted by Gasteiger charge is -2.10. The van der Waals surface area contributed by atoms with Gasteiger partial charge in [-0.05, 0) is 35.2 Å². The summed E-state index contributed by atoms with van der Waals surface area (Å²) in [6, 6.07) is 19.7. The average Bonchev–Trinajstić information content (AvgIpc) is 3.33. The van der Waals surface area contributed by atoms with Gasteiger partial charge in [-0.25, -0.2) is 5.43 Å². The van der Waals surface area contributed by atoms with E-state index in [0.717, 1.165) is 22.1 Å². The lowest BCUT2D eigenvalue weighted by molar-refractivity contribution is -0.123. The number of methoxy groups -OCH3 is 1. The van der Waals surface area contributed by atoms with E-state index in [1.807, 2.05) is 72.1 Å². The molecule has 0 spiro atoms. The molecule has 0 aromatic heterocycles. The standard InChI is InChI=1S/C23H22N2O3S2/c1-27-21-11-8-17(19-4-2-3-5-20(19)21)14-24-25-22(26)15-28-18-9-6-16(7-10-18)23-29-12-13-30-23/h2-11,14,23H,12-13,15H2,1H3,(H,25,26)/b24-14-. The summed E-state index contributed by atoms with van der Waals surface area (Å²) in [4.78, 5) is 12.1. The zero-order valence-electron chi connectivity index (χ0n) is 16.5. The first-order valence-electron chi connectivity index (χ1n) is 9.58. The molecule has 1 aliphatic rings. The average molecular weight is 439 g/mol. The van der Waals surface area contributed by atoms with Crippen LogP contribution in [0, 0.1) is 0 Å². The molecule has 0 radical (unpaired) electrons. The maximum Gasteiger partial charge on any atom is 0.277 e. The van der Waals surface area contributed by atoms with Crippen molar-refractivity contribution in [2.75, 3.05) is 25.2 Å². The van der Waals surface area contributed by atoms with E-state index in [9.17, 15) is 4.79 Å². The Labute approximate surface area is 184 Å². The van der Waals surface area contributed by atoms with Crippen LogP contribution in [0.4, 0.5) is 0 Å². The van der Waals surface area contributed by atoms with E-state index in [-0.39, 0.29) is 12.5 Å². The molecule has 4 rings (SSSR count). The number of thioether (sulfide) groups is 2. The summed E-state index contributed by atoms with van der Waals surface area (Å²) < 4.78 is 11.5. The van der Waals surface area contributed by atoms with E-state index in [1.165, 1.54) is 17.1 Å². The number of carbonyl (C=O) groups excluding carboxylic acids is 1. The number of nitrogens with zero attached hydrogens (tertiary/aromatic N) is 1. The van der Waals surface area contributed by atoms with Crippen LogP contribution in [-0.2, 0) is 4.79 Å². The first-order valence-corrected chi connectivity index (χ1v) is 11.7. The number of benzene rings is 3. The number of ether oxygens (including phenoxy) is 2. The van der Waals surface area contributed by atoms with Crippen LogP contribution in [0.1, 0.15) is 15.7 Å². The van der Waals surface area contributed by atoms with Crippen molar-refractivity contribution in [3.63, 3.8) is 0 Å². The van der Waals surface area contributed by atoms with Gasteiger partial charge in [-0.2, -0.15) is 5.10 Å². The van der Waals surface area contributed by atoms with Gasteiger partial charge < -0.3 is 9.47 Å². The zero-order chi connectivity index (χ0) is 20.8. The van der Waals surface area contributed by atoms with Crippen LogP contribution in [0.15, 0.2) is 65.8 Å². The van der Waals surface area contributed by atoms with Crippen molar-refractivity contribution < 1.29 is 14.3 Å². The Balaban J connectivity index is 1.32. The predicted molar refractivity (Wildman–Crippen MR) is 126 cm³/mol. The summed E-state index contributed by atoms with van der Waals surface area (Å²) in [5.74, 6) is 3.56. The van der Waals surface area contributed by atoms with Gasteiger partial charge in [0, 0.05) is 22.5 Å². The summed E-state index contributed by atoms with van der Waals surface area (Å²) >= 11 is 3.93. The van der Waals surface area contributed by atoms with Crippen molar-refractivity contribution >= 4 is 46.4 Å². The molecule has 7 heteroatoms. The number of hydrazone groups is 1. The van der Waals surface area contributed by atoms with Crippen LogP contribution in [0.3, 0.4) is 0 Å². The molecule has 3 aromatic carbocycles. The van der Waals surface area contributed by atoms with Crippen LogP contribution in [0.2, 0.25) is 0 Å². The Morgan fingerprint density at radius 1 is 1.07 bits per heavy atom. The normalized spacial score (nSPS) is 14.3. The lowest BCUT2D eigenvalue weighted by atomic mass is 10.0. The smallest absolute Gasteiger partial charge is 0.277 e. The highest BCUT2D eigenvalue weighted by atomic mass is 32.2. The summed E-state index contributed by atoms with van der Waals surface area (Å²) in [5.41, 5.74) is 4.70. The van der Waals surface area contributed by atoms with Gasteiger partial charge in [0.15, 0.2) is 6.61 Å². The quantitative estimate of drug-likeness (QED) is 0.422. The molecule has 0 bridgehead atoms. The van der Waals surface area contributed by atoms with E-state index in [0.29, 0.717) is 10.3 Å². The third-order valence-corrected chi connectivity index (χ3v) is 7.78. The monoisotopic (exact) mass is 438 g/mol. The second-order valence-corrected chi connectivity index (χ2v) is 9.35. The van der Waals surface area contributed by atoms with Gasteiger partial charge in [0.05, 0.1) is 17.9 Å². The fraction of sp³-hybridized carbons (Fsp3) is 0.217. The molecule has 0 saturated carbocycles. The molecule has 30 heavy (non-hydrogen) atoms. The summed E-state index contributed by atoms with van der Waals surface area (Å²) in [6.45, 7) is -0.0903. The van der Waals surface area contributed by atoms with Crippen molar-refractivity contribution in [1.82, 2.24) is 5.43 Å². The third-order valence-electron chi connectivity index (χ3n) is 4.67. The van der Waals surface area contributed by atoms with Crippen LogP contribution in [-0.4, -0.2) is 37.3 Å². The Kier molecular flexibility index (Phi) is 6.81. The van der Waals surface area contributed by atoms with Gasteiger partial charge >= 0.3 is 0 Å². The summed E-state index contributed by atoms with van der Waals surface area (Å²) in [6.07, 6.45) is 1.63. The highest BCUT2D eigenvalue weighted by Gasteiger charge is 2.18. The van der Waals surface area contributed by atoms with Crippen LogP contribution < -0.4 is 14.9 Å². The number of amides is 1. The number of hydrogen-bond donors (Lipinski definition) is 1. The first kappa shape index (κ1) is 20.6. The molecule has 154 valence electrons. The zero-order valence-corrected chi connectivity index (χ0v) is 18.2. The lowest BCUT2D eigenvalue weighted by Crippen LogP contribution is -2.24. The third kappa shape index (κ3) is 4.91. The molecule has 1 amide bonds. The van der Waals surface area contributed by atoms with Gasteiger partial charge in [-0.15, -0.1) is 23.5 Å². The van der Waals surface area contributed by atoms with Crippen LogP contribution in [0.25, 0.3) is 10.8 Å². The van der Waals surface area contributed by atoms with Gasteiger partial charge in [-0.3, -0.25) is 4.79 Å². The van der Waals surface area contributed by atoms with Crippen molar-refractivity contribution in [3.05, 3.63) is 71.8 Å². The number of carbonyl (C=O) groups is 1. The van der Waals surface area contributed by atoms with E-state index in [2.05, 4.69) is 22.7 Å². The molecule has 1 N–H and O–H groups in total. The van der Waals surface area contributed by atoms with E-state index in [4.69, 9.17) is 9.47 Å². The molecular formula is C23H22N2O3S2. The molecule has 1 saturated heterocycles. The van der Waals surface area contributed by atoms with Gasteiger partial charge in [0.25, 0.3) is 5.91 Å². The molecule has 5 nitrogen and oxygen atoms in total. The molecule has 3 aromatic rings. The minimum atomic E-state index is -0.310. The van der Waals surface area contributed by atoms with Gasteiger partial charge in [-0.1, -0.05) is 36.4 Å². The van der Waals surface area contributed by atoms with Gasteiger partial charge in [0.2, 0.25) is 0 Å². The van der Waals surface area contributed by atoms with Crippen molar-refractivity contribution in [2.45, 2.75) is 4.58 Å². The van der Waals surface area contributed by atoms with E-state index >= 15 is 0 Å². The fourth-order valence-corrected chi connectivity index (χ4v) is 6.07. The Morgan fingerprint density at radius 3 is 2.53 bits per heavy atom. The highest BCUT2D eigenvalue weighted by Crippen LogP contribution is 2.45. The van der Waals surface area contributed by atoms with E-state index in [1.54, 1.807) is 13.3 Å². The predicted octanol–water partition coefficient (Wildman–Crippen LogP) is 4.86. The number of nitrogens with one attached hydrogen (secondary N) is 1. The van der Waals surface area contributed by atoms with Gasteiger partial charge in [0.1, 0.15) is 11.5 Å². The fourth-order valence-electron chi connectivity index (χ4n) is 3.21. The maximum absolute atomic E-state index is 12.1. The molecule has 0 aliphatic carbocycles. The minimum Gasteiger partial charge on any atom is -0.496 e. The second-order valence-electron chi connectivity index (χ2n) is 6.63. The Hall–Kier alpha value is -2.64. The minimum absolute atomic E-state index is 0.0903. The molecular weight excluding hydrogens is 416 g/mol. The second kappa shape index (κ2) is 9.91.